The number of rotatable bonds is 4. The largest absolute Gasteiger partial charge is 0.454 e. The maximum Gasteiger partial charge on any atom is 0.267 e. The lowest BCUT2D eigenvalue weighted by atomic mass is 10.1. The van der Waals surface area contributed by atoms with Gasteiger partial charge in [0.2, 0.25) is 12.7 Å². The van der Waals surface area contributed by atoms with Crippen molar-refractivity contribution in [3.8, 4) is 11.5 Å². The van der Waals surface area contributed by atoms with Crippen molar-refractivity contribution in [3.05, 3.63) is 40.1 Å². The molecule has 1 aliphatic heterocycles. The summed E-state index contributed by atoms with van der Waals surface area (Å²) in [5.41, 5.74) is 0.840. The van der Waals surface area contributed by atoms with Gasteiger partial charge >= 0.3 is 0 Å². The van der Waals surface area contributed by atoms with Crippen LogP contribution in [0.2, 0.25) is 0 Å². The van der Waals surface area contributed by atoms with Gasteiger partial charge in [-0.3, -0.25) is 14.2 Å². The van der Waals surface area contributed by atoms with Gasteiger partial charge in [-0.05, 0) is 32.4 Å². The van der Waals surface area contributed by atoms with Crippen LogP contribution in [-0.4, -0.2) is 27.4 Å². The predicted molar refractivity (Wildman–Crippen MR) is 96.1 cm³/mol. The quantitative estimate of drug-likeness (QED) is 0.751. The highest BCUT2D eigenvalue weighted by Crippen LogP contribution is 2.34. The standard InChI is InChI=1S/C18H18N4O5/c1-4-12(16(23)20-11-5-6-13-14(7-11)26-8-25-13)22-10(3)19-17-15(18(22)24)9(2)21-27-17/h5-7,12H,4,8H2,1-3H3,(H,20,23)/t12-/m1/s1. The number of hydrogen-bond donors (Lipinski definition) is 1. The molecule has 1 amide bonds. The van der Waals surface area contributed by atoms with Crippen molar-refractivity contribution in [2.75, 3.05) is 12.1 Å². The average Bonchev–Trinajstić information content (AvgIpc) is 3.24. The molecule has 1 atom stereocenters. The highest BCUT2D eigenvalue weighted by Gasteiger charge is 2.25. The topological polar surface area (TPSA) is 108 Å². The lowest BCUT2D eigenvalue weighted by Gasteiger charge is -2.19. The Balaban J connectivity index is 1.69. The summed E-state index contributed by atoms with van der Waals surface area (Å²) < 4.78 is 17.1. The van der Waals surface area contributed by atoms with Crippen molar-refractivity contribution < 1.29 is 18.8 Å². The second-order valence-corrected chi connectivity index (χ2v) is 6.26. The number of ether oxygens (including phenoxy) is 2. The zero-order valence-electron chi connectivity index (χ0n) is 15.1. The maximum absolute atomic E-state index is 12.9. The van der Waals surface area contributed by atoms with Crippen molar-refractivity contribution in [1.29, 1.82) is 0 Å². The Morgan fingerprint density at radius 2 is 2.07 bits per heavy atom. The van der Waals surface area contributed by atoms with Crippen LogP contribution in [0.1, 0.15) is 30.9 Å². The maximum atomic E-state index is 12.9. The molecule has 3 heterocycles. The third-order valence-corrected chi connectivity index (χ3v) is 4.53. The Morgan fingerprint density at radius 1 is 1.30 bits per heavy atom. The fourth-order valence-electron chi connectivity index (χ4n) is 3.20. The van der Waals surface area contributed by atoms with Gasteiger partial charge in [0.15, 0.2) is 11.5 Å². The van der Waals surface area contributed by atoms with Crippen molar-refractivity contribution in [3.63, 3.8) is 0 Å². The summed E-state index contributed by atoms with van der Waals surface area (Å²) in [5.74, 6) is 1.26. The molecular formula is C18H18N4O5. The highest BCUT2D eigenvalue weighted by atomic mass is 16.7. The molecule has 2 aromatic heterocycles. The van der Waals surface area contributed by atoms with Crippen molar-refractivity contribution >= 4 is 22.7 Å². The van der Waals surface area contributed by atoms with E-state index in [1.54, 1.807) is 32.0 Å². The summed E-state index contributed by atoms with van der Waals surface area (Å²) in [5, 5.41) is 6.91. The smallest absolute Gasteiger partial charge is 0.267 e. The van der Waals surface area contributed by atoms with Crippen molar-refractivity contribution in [2.45, 2.75) is 33.2 Å². The molecule has 0 saturated heterocycles. The van der Waals surface area contributed by atoms with E-state index in [1.807, 2.05) is 6.92 Å². The molecule has 1 aliphatic rings. The first-order valence-electron chi connectivity index (χ1n) is 8.55. The summed E-state index contributed by atoms with van der Waals surface area (Å²) in [6.45, 7) is 5.32. The molecule has 9 heteroatoms. The molecule has 0 radical (unpaired) electrons. The van der Waals surface area contributed by atoms with Crippen molar-refractivity contribution in [2.24, 2.45) is 0 Å². The summed E-state index contributed by atoms with van der Waals surface area (Å²) in [4.78, 5) is 30.1. The van der Waals surface area contributed by atoms with E-state index < -0.39 is 6.04 Å². The third kappa shape index (κ3) is 2.80. The van der Waals surface area contributed by atoms with Gasteiger partial charge in [0.25, 0.3) is 11.3 Å². The third-order valence-electron chi connectivity index (χ3n) is 4.53. The van der Waals surface area contributed by atoms with Crippen LogP contribution in [0.3, 0.4) is 0 Å². The minimum Gasteiger partial charge on any atom is -0.454 e. The number of amides is 1. The normalized spacial score (nSPS) is 13.7. The molecule has 0 unspecified atom stereocenters. The van der Waals surface area contributed by atoms with Gasteiger partial charge in [-0.2, -0.15) is 4.98 Å². The molecule has 140 valence electrons. The monoisotopic (exact) mass is 370 g/mol. The van der Waals surface area contributed by atoms with Crippen LogP contribution >= 0.6 is 0 Å². The van der Waals surface area contributed by atoms with Gasteiger partial charge in [0, 0.05) is 11.8 Å². The molecule has 0 saturated carbocycles. The number of carbonyl (C=O) groups excluding carboxylic acids is 1. The van der Waals surface area contributed by atoms with E-state index in [-0.39, 0.29) is 29.4 Å². The van der Waals surface area contributed by atoms with Crippen LogP contribution in [0.5, 0.6) is 11.5 Å². The molecule has 0 aliphatic carbocycles. The number of aromatic nitrogens is 3. The van der Waals surface area contributed by atoms with E-state index in [9.17, 15) is 9.59 Å². The molecule has 0 bridgehead atoms. The number of fused-ring (bicyclic) bond motifs is 2. The predicted octanol–water partition coefficient (Wildman–Crippen LogP) is 2.32. The minimum absolute atomic E-state index is 0.155. The zero-order chi connectivity index (χ0) is 19.1. The average molecular weight is 370 g/mol. The van der Waals surface area contributed by atoms with E-state index in [4.69, 9.17) is 14.0 Å². The SMILES string of the molecule is CC[C@H](C(=O)Nc1ccc2c(c1)OCO2)n1c(C)nc2onc(C)c2c1=O. The van der Waals surface area contributed by atoms with Gasteiger partial charge in [0.05, 0.1) is 5.69 Å². The van der Waals surface area contributed by atoms with Gasteiger partial charge in [-0.25, -0.2) is 0 Å². The Morgan fingerprint density at radius 3 is 2.85 bits per heavy atom. The van der Waals surface area contributed by atoms with Gasteiger partial charge in [-0.15, -0.1) is 0 Å². The van der Waals surface area contributed by atoms with Crippen LogP contribution < -0.4 is 20.3 Å². The second kappa shape index (κ2) is 6.42. The molecule has 0 fully saturated rings. The van der Waals surface area contributed by atoms with Gasteiger partial charge in [0.1, 0.15) is 17.3 Å². The molecular weight excluding hydrogens is 352 g/mol. The fraction of sp³-hybridized carbons (Fsp3) is 0.333. The Kier molecular flexibility index (Phi) is 4.06. The molecule has 0 spiro atoms. The molecule has 27 heavy (non-hydrogen) atoms. The Labute approximate surface area is 153 Å². The van der Waals surface area contributed by atoms with E-state index in [0.717, 1.165) is 0 Å². The number of benzene rings is 1. The lowest BCUT2D eigenvalue weighted by Crippen LogP contribution is -2.35. The van der Waals surface area contributed by atoms with Gasteiger partial charge < -0.3 is 19.3 Å². The highest BCUT2D eigenvalue weighted by molar-refractivity contribution is 5.94. The number of hydrogen-bond acceptors (Lipinski definition) is 7. The first kappa shape index (κ1) is 17.1. The molecule has 4 rings (SSSR count). The zero-order valence-corrected chi connectivity index (χ0v) is 15.1. The number of aryl methyl sites for hydroxylation is 2. The Hall–Kier alpha value is -3.36. The first-order chi connectivity index (χ1) is 13.0. The first-order valence-corrected chi connectivity index (χ1v) is 8.55. The molecule has 1 N–H and O–H groups in total. The van der Waals surface area contributed by atoms with E-state index in [2.05, 4.69) is 15.5 Å². The number of anilines is 1. The summed E-state index contributed by atoms with van der Waals surface area (Å²) in [6.07, 6.45) is 0.411. The second-order valence-electron chi connectivity index (χ2n) is 6.26. The minimum atomic E-state index is -0.728. The van der Waals surface area contributed by atoms with Gasteiger partial charge in [-0.1, -0.05) is 12.1 Å². The molecule has 1 aromatic carbocycles. The summed E-state index contributed by atoms with van der Waals surface area (Å²) >= 11 is 0. The van der Waals surface area contributed by atoms with Crippen LogP contribution in [0.4, 0.5) is 5.69 Å². The van der Waals surface area contributed by atoms with Crippen LogP contribution in [0.15, 0.2) is 27.5 Å². The fourth-order valence-corrected chi connectivity index (χ4v) is 3.20. The van der Waals surface area contributed by atoms with Crippen LogP contribution in [0.25, 0.3) is 11.1 Å². The molecule has 3 aromatic rings. The summed E-state index contributed by atoms with van der Waals surface area (Å²) in [7, 11) is 0. The van der Waals surface area contributed by atoms with E-state index >= 15 is 0 Å². The van der Waals surface area contributed by atoms with E-state index in [1.165, 1.54) is 4.57 Å². The van der Waals surface area contributed by atoms with Crippen LogP contribution in [0, 0.1) is 13.8 Å². The Bertz CT molecular complexity index is 1100. The van der Waals surface area contributed by atoms with Crippen LogP contribution in [-0.2, 0) is 4.79 Å². The van der Waals surface area contributed by atoms with Crippen molar-refractivity contribution in [1.82, 2.24) is 14.7 Å². The number of carbonyl (C=O) groups is 1. The number of nitrogens with one attached hydrogen (secondary N) is 1. The lowest BCUT2D eigenvalue weighted by molar-refractivity contribution is -0.119. The molecule has 9 nitrogen and oxygen atoms in total. The number of nitrogens with zero attached hydrogens (tertiary/aromatic N) is 3. The van der Waals surface area contributed by atoms with E-state index in [0.29, 0.717) is 35.1 Å². The summed E-state index contributed by atoms with van der Waals surface area (Å²) in [6, 6.07) is 4.41.